The third-order valence-electron chi connectivity index (χ3n) is 5.04. The number of aliphatic carboxylic acids is 1. The number of nitrogens with one attached hydrogen (secondary N) is 3. The van der Waals surface area contributed by atoms with Crippen LogP contribution in [0.3, 0.4) is 0 Å². The number of carbonyl (C=O) groups is 3. The van der Waals surface area contributed by atoms with E-state index in [-0.39, 0.29) is 10.9 Å². The summed E-state index contributed by atoms with van der Waals surface area (Å²) >= 11 is 12.0. The molecule has 3 amide bonds. The van der Waals surface area contributed by atoms with Gasteiger partial charge in [-0.25, -0.2) is 9.59 Å². The maximum Gasteiger partial charge on any atom is 0.326 e. The topological polar surface area (TPSA) is 108 Å². The fourth-order valence-corrected chi connectivity index (χ4v) is 3.53. The predicted molar refractivity (Wildman–Crippen MR) is 135 cm³/mol. The zero-order valence-corrected chi connectivity index (χ0v) is 19.9. The van der Waals surface area contributed by atoms with Crippen molar-refractivity contribution in [3.63, 3.8) is 0 Å². The number of benzene rings is 3. The average Bonchev–Trinajstić information content (AvgIpc) is 2.80. The molecule has 0 aliphatic heterocycles. The molecule has 0 aliphatic rings. The Morgan fingerprint density at radius 3 is 1.97 bits per heavy atom. The van der Waals surface area contributed by atoms with Gasteiger partial charge in [0.2, 0.25) is 0 Å². The van der Waals surface area contributed by atoms with Crippen molar-refractivity contribution in [3.8, 4) is 11.1 Å². The number of hydrogen-bond donors (Lipinski definition) is 4. The van der Waals surface area contributed by atoms with E-state index in [0.29, 0.717) is 22.0 Å². The third-order valence-corrected chi connectivity index (χ3v) is 5.86. The summed E-state index contributed by atoms with van der Waals surface area (Å²) in [6.45, 7) is 3.47. The first-order valence-electron chi connectivity index (χ1n) is 10.4. The quantitative estimate of drug-likeness (QED) is 0.312. The molecule has 9 heteroatoms. The number of carboxylic acid groups (broad SMARTS) is 1. The lowest BCUT2D eigenvalue weighted by atomic mass is 10.0. The molecule has 176 valence electrons. The molecule has 0 radical (unpaired) electrons. The number of carboxylic acids is 1. The van der Waals surface area contributed by atoms with Gasteiger partial charge in [-0.05, 0) is 53.4 Å². The Labute approximate surface area is 207 Å². The molecule has 0 aliphatic carbocycles. The summed E-state index contributed by atoms with van der Waals surface area (Å²) in [5.41, 5.74) is 3.07. The Balaban J connectivity index is 1.63. The summed E-state index contributed by atoms with van der Waals surface area (Å²) in [4.78, 5) is 36.0. The van der Waals surface area contributed by atoms with Crippen LogP contribution < -0.4 is 16.0 Å². The molecule has 0 unspecified atom stereocenters. The highest BCUT2D eigenvalue weighted by molar-refractivity contribution is 6.44. The first-order chi connectivity index (χ1) is 16.2. The number of anilines is 2. The van der Waals surface area contributed by atoms with Crippen LogP contribution in [0.1, 0.15) is 24.2 Å². The molecular weight excluding hydrogens is 477 g/mol. The first kappa shape index (κ1) is 25.1. The monoisotopic (exact) mass is 499 g/mol. The van der Waals surface area contributed by atoms with Crippen LogP contribution in [-0.2, 0) is 4.79 Å². The Bertz CT molecular complexity index is 1200. The van der Waals surface area contributed by atoms with Crippen LogP contribution in [0.2, 0.25) is 10.0 Å². The number of hydrogen-bond acceptors (Lipinski definition) is 3. The molecule has 0 spiro atoms. The van der Waals surface area contributed by atoms with Crippen LogP contribution in [0.25, 0.3) is 11.1 Å². The van der Waals surface area contributed by atoms with Crippen LogP contribution in [0.4, 0.5) is 16.2 Å². The lowest BCUT2D eigenvalue weighted by Crippen LogP contribution is -2.44. The highest BCUT2D eigenvalue weighted by Crippen LogP contribution is 2.29. The zero-order chi connectivity index (χ0) is 24.8. The molecule has 3 aromatic rings. The standard InChI is InChI=1S/C25H23Cl2N3O4/c1-14(2)22(24(32)33)30-23(31)17-8-6-15(7-9-17)16-10-12-18(13-11-16)28-25(34)29-20-5-3-4-19(26)21(20)27/h3-14,22H,1-2H3,(H,30,31)(H,32,33)(H2,28,29,34)/t22-/m1/s1. The Morgan fingerprint density at radius 2 is 1.41 bits per heavy atom. The molecule has 1 atom stereocenters. The van der Waals surface area contributed by atoms with Crippen LogP contribution in [0, 0.1) is 5.92 Å². The van der Waals surface area contributed by atoms with Crippen molar-refractivity contribution in [1.29, 1.82) is 0 Å². The van der Waals surface area contributed by atoms with Crippen molar-refractivity contribution < 1.29 is 19.5 Å². The molecule has 0 fully saturated rings. The predicted octanol–water partition coefficient (Wildman–Crippen LogP) is 6.14. The van der Waals surface area contributed by atoms with Gasteiger partial charge >= 0.3 is 12.0 Å². The van der Waals surface area contributed by atoms with Gasteiger partial charge in [-0.3, -0.25) is 4.79 Å². The number of amides is 3. The molecule has 0 saturated carbocycles. The van der Waals surface area contributed by atoms with E-state index in [1.807, 2.05) is 12.1 Å². The Kier molecular flexibility index (Phi) is 8.15. The minimum atomic E-state index is -1.07. The second kappa shape index (κ2) is 11.0. The van der Waals surface area contributed by atoms with Crippen LogP contribution in [0.5, 0.6) is 0 Å². The van der Waals surface area contributed by atoms with Crippen LogP contribution >= 0.6 is 23.2 Å². The van der Waals surface area contributed by atoms with Gasteiger partial charge in [0.15, 0.2) is 0 Å². The van der Waals surface area contributed by atoms with Crippen LogP contribution in [0.15, 0.2) is 66.7 Å². The maximum atomic E-state index is 12.4. The van der Waals surface area contributed by atoms with Gasteiger partial charge in [0, 0.05) is 11.3 Å². The normalized spacial score (nSPS) is 11.6. The van der Waals surface area contributed by atoms with Gasteiger partial charge in [-0.2, -0.15) is 0 Å². The first-order valence-corrected chi connectivity index (χ1v) is 11.2. The van der Waals surface area contributed by atoms with Crippen molar-refractivity contribution in [1.82, 2.24) is 5.32 Å². The van der Waals surface area contributed by atoms with Crippen molar-refractivity contribution in [2.45, 2.75) is 19.9 Å². The third kappa shape index (κ3) is 6.27. The van der Waals surface area contributed by atoms with Gasteiger partial charge in [0.05, 0.1) is 15.7 Å². The van der Waals surface area contributed by atoms with Crippen molar-refractivity contribution in [2.75, 3.05) is 10.6 Å². The second-order valence-corrected chi connectivity index (χ2v) is 8.65. The lowest BCUT2D eigenvalue weighted by molar-refractivity contribution is -0.140. The Hall–Kier alpha value is -3.55. The molecular formula is C25H23Cl2N3O4. The lowest BCUT2D eigenvalue weighted by Gasteiger charge is -2.18. The fourth-order valence-electron chi connectivity index (χ4n) is 3.18. The average molecular weight is 500 g/mol. The van der Waals surface area contributed by atoms with Crippen molar-refractivity contribution in [3.05, 3.63) is 82.3 Å². The van der Waals surface area contributed by atoms with Crippen LogP contribution in [-0.4, -0.2) is 29.1 Å². The van der Waals surface area contributed by atoms with E-state index in [9.17, 15) is 19.5 Å². The van der Waals surface area contributed by atoms with E-state index in [1.54, 1.807) is 68.4 Å². The van der Waals surface area contributed by atoms with Gasteiger partial charge in [-0.15, -0.1) is 0 Å². The molecule has 7 nitrogen and oxygen atoms in total. The zero-order valence-electron chi connectivity index (χ0n) is 18.4. The minimum absolute atomic E-state index is 0.239. The van der Waals surface area contributed by atoms with E-state index in [4.69, 9.17) is 23.2 Å². The van der Waals surface area contributed by atoms with Gasteiger partial charge in [0.1, 0.15) is 6.04 Å². The fraction of sp³-hybridized carbons (Fsp3) is 0.160. The number of rotatable bonds is 7. The van der Waals surface area contributed by atoms with Gasteiger partial charge in [0.25, 0.3) is 5.91 Å². The smallest absolute Gasteiger partial charge is 0.326 e. The second-order valence-electron chi connectivity index (χ2n) is 7.87. The van der Waals surface area contributed by atoms with E-state index in [2.05, 4.69) is 16.0 Å². The van der Waals surface area contributed by atoms with E-state index in [0.717, 1.165) is 11.1 Å². The number of urea groups is 1. The SMILES string of the molecule is CC(C)[C@@H](NC(=O)c1ccc(-c2ccc(NC(=O)Nc3cccc(Cl)c3Cl)cc2)cc1)C(=O)O. The Morgan fingerprint density at radius 1 is 0.824 bits per heavy atom. The van der Waals surface area contributed by atoms with Crippen molar-refractivity contribution in [2.24, 2.45) is 5.92 Å². The summed E-state index contributed by atoms with van der Waals surface area (Å²) in [7, 11) is 0. The number of halogens is 2. The van der Waals surface area contributed by atoms with Gasteiger partial charge < -0.3 is 21.1 Å². The molecule has 34 heavy (non-hydrogen) atoms. The summed E-state index contributed by atoms with van der Waals surface area (Å²) in [5.74, 6) is -1.76. The molecule has 3 rings (SSSR count). The molecule has 0 aromatic heterocycles. The molecule has 0 bridgehead atoms. The maximum absolute atomic E-state index is 12.4. The summed E-state index contributed by atoms with van der Waals surface area (Å²) in [6.07, 6.45) is 0. The van der Waals surface area contributed by atoms with Crippen molar-refractivity contribution >= 4 is 52.5 Å². The van der Waals surface area contributed by atoms with E-state index < -0.39 is 23.9 Å². The minimum Gasteiger partial charge on any atom is -0.480 e. The summed E-state index contributed by atoms with van der Waals surface area (Å²) in [6, 6.07) is 17.5. The summed E-state index contributed by atoms with van der Waals surface area (Å²) in [5, 5.41) is 17.8. The number of carbonyl (C=O) groups excluding carboxylic acids is 2. The van der Waals surface area contributed by atoms with E-state index in [1.165, 1.54) is 0 Å². The molecule has 0 heterocycles. The molecule has 3 aromatic carbocycles. The summed E-state index contributed by atoms with van der Waals surface area (Å²) < 4.78 is 0. The van der Waals surface area contributed by atoms with E-state index >= 15 is 0 Å². The highest BCUT2D eigenvalue weighted by atomic mass is 35.5. The molecule has 4 N–H and O–H groups in total. The van der Waals surface area contributed by atoms with Gasteiger partial charge in [-0.1, -0.05) is 67.4 Å². The largest absolute Gasteiger partial charge is 0.480 e. The highest BCUT2D eigenvalue weighted by Gasteiger charge is 2.23. The molecule has 0 saturated heterocycles.